The maximum absolute atomic E-state index is 10.7. The quantitative estimate of drug-likeness (QED) is 0.514. The van der Waals surface area contributed by atoms with Crippen molar-refractivity contribution in [2.24, 2.45) is 0 Å². The van der Waals surface area contributed by atoms with Gasteiger partial charge in [-0.15, -0.1) is 5.10 Å². The Labute approximate surface area is 112 Å². The van der Waals surface area contributed by atoms with Crippen LogP contribution in [0.25, 0.3) is 0 Å². The molecule has 2 aromatic rings. The van der Waals surface area contributed by atoms with E-state index in [2.05, 4.69) is 15.5 Å². The van der Waals surface area contributed by atoms with Gasteiger partial charge in [0.25, 0.3) is 5.69 Å². The van der Waals surface area contributed by atoms with Crippen molar-refractivity contribution < 1.29 is 4.92 Å². The maximum Gasteiger partial charge on any atom is 0.292 e. The van der Waals surface area contributed by atoms with Crippen LogP contribution in [0.4, 0.5) is 11.4 Å². The molecule has 0 atom stereocenters. The zero-order valence-electron chi connectivity index (χ0n) is 9.76. The Morgan fingerprint density at radius 2 is 2.26 bits per heavy atom. The molecule has 1 aromatic carbocycles. The molecule has 98 valence electrons. The van der Waals surface area contributed by atoms with Crippen molar-refractivity contribution in [1.29, 1.82) is 0 Å². The second-order valence-corrected chi connectivity index (χ2v) is 5.26. The van der Waals surface area contributed by atoms with E-state index in [1.165, 1.54) is 17.8 Å². The fraction of sp³-hybridized carbons (Fsp3) is 0.300. The molecule has 0 radical (unpaired) electrons. The molecule has 1 aromatic heterocycles. The van der Waals surface area contributed by atoms with Crippen molar-refractivity contribution in [1.82, 2.24) is 20.2 Å². The number of tetrazole rings is 1. The van der Waals surface area contributed by atoms with E-state index in [0.717, 1.165) is 17.7 Å². The summed E-state index contributed by atoms with van der Waals surface area (Å²) in [6.07, 6.45) is 2.17. The molecule has 0 spiro atoms. The Hall–Kier alpha value is -2.16. The lowest BCUT2D eigenvalue weighted by molar-refractivity contribution is -0.383. The first kappa shape index (κ1) is 11.9. The second kappa shape index (κ2) is 4.50. The largest absolute Gasteiger partial charge is 0.393 e. The molecule has 3 rings (SSSR count). The van der Waals surface area contributed by atoms with Crippen LogP contribution in [0, 0.1) is 10.1 Å². The van der Waals surface area contributed by atoms with Gasteiger partial charge in [0.2, 0.25) is 5.16 Å². The molecule has 0 bridgehead atoms. The molecule has 9 heteroatoms. The monoisotopic (exact) mass is 278 g/mol. The normalized spacial score (nSPS) is 14.5. The number of nitrogens with two attached hydrogens (primary N) is 1. The van der Waals surface area contributed by atoms with Gasteiger partial charge in [-0.1, -0.05) is 0 Å². The second-order valence-electron chi connectivity index (χ2n) is 4.22. The summed E-state index contributed by atoms with van der Waals surface area (Å²) < 4.78 is 1.78. The summed E-state index contributed by atoms with van der Waals surface area (Å²) in [4.78, 5) is 11.0. The molecule has 0 saturated heterocycles. The molecule has 2 N–H and O–H groups in total. The van der Waals surface area contributed by atoms with E-state index in [1.807, 2.05) is 0 Å². The summed E-state index contributed by atoms with van der Waals surface area (Å²) in [6, 6.07) is 4.98. The number of nitrogen functional groups attached to an aromatic ring is 1. The Balaban J connectivity index is 1.85. The first-order chi connectivity index (χ1) is 9.15. The molecule has 1 saturated carbocycles. The van der Waals surface area contributed by atoms with Crippen LogP contribution in [0.2, 0.25) is 0 Å². The van der Waals surface area contributed by atoms with Gasteiger partial charge in [-0.3, -0.25) is 10.1 Å². The van der Waals surface area contributed by atoms with E-state index < -0.39 is 4.92 Å². The average molecular weight is 278 g/mol. The molecule has 1 heterocycles. The topological polar surface area (TPSA) is 113 Å². The molecule has 0 amide bonds. The van der Waals surface area contributed by atoms with Crippen LogP contribution in [0.5, 0.6) is 0 Å². The van der Waals surface area contributed by atoms with Crippen LogP contribution < -0.4 is 5.73 Å². The lowest BCUT2D eigenvalue weighted by atomic mass is 10.3. The van der Waals surface area contributed by atoms with E-state index in [0.29, 0.717) is 11.2 Å². The van der Waals surface area contributed by atoms with Crippen molar-refractivity contribution >= 4 is 23.1 Å². The predicted molar refractivity (Wildman–Crippen MR) is 67.7 cm³/mol. The first-order valence-corrected chi connectivity index (χ1v) is 6.46. The minimum absolute atomic E-state index is 0.0915. The van der Waals surface area contributed by atoms with Crippen molar-refractivity contribution in [3.63, 3.8) is 0 Å². The number of nitrogens with zero attached hydrogens (tertiary/aromatic N) is 5. The lowest BCUT2D eigenvalue weighted by Crippen LogP contribution is -1.99. The van der Waals surface area contributed by atoms with Crippen molar-refractivity contribution in [2.75, 3.05) is 5.73 Å². The van der Waals surface area contributed by atoms with E-state index in [4.69, 9.17) is 5.73 Å². The molecule has 19 heavy (non-hydrogen) atoms. The Kier molecular flexibility index (Phi) is 2.82. The zero-order valence-corrected chi connectivity index (χ0v) is 10.6. The molecule has 1 aliphatic carbocycles. The average Bonchev–Trinajstić information content (AvgIpc) is 3.10. The summed E-state index contributed by atoms with van der Waals surface area (Å²) in [5.74, 6) is 0. The Morgan fingerprint density at radius 3 is 2.89 bits per heavy atom. The minimum atomic E-state index is -0.502. The van der Waals surface area contributed by atoms with Gasteiger partial charge in [0.15, 0.2) is 0 Å². The van der Waals surface area contributed by atoms with Crippen LogP contribution in [0.1, 0.15) is 18.9 Å². The smallest absolute Gasteiger partial charge is 0.292 e. The summed E-state index contributed by atoms with van der Waals surface area (Å²) in [6.45, 7) is 0. The number of rotatable bonds is 4. The van der Waals surface area contributed by atoms with Crippen molar-refractivity contribution in [2.45, 2.75) is 28.9 Å². The summed E-state index contributed by atoms with van der Waals surface area (Å²) in [5, 5.41) is 22.9. The number of benzene rings is 1. The van der Waals surface area contributed by atoms with Gasteiger partial charge in [0, 0.05) is 11.0 Å². The third-order valence-electron chi connectivity index (χ3n) is 2.76. The maximum atomic E-state index is 10.7. The van der Waals surface area contributed by atoms with Gasteiger partial charge in [0.1, 0.15) is 5.69 Å². The third kappa shape index (κ3) is 2.36. The number of nitro groups is 1. The van der Waals surface area contributed by atoms with Crippen LogP contribution in [0.15, 0.2) is 28.3 Å². The Morgan fingerprint density at radius 1 is 1.47 bits per heavy atom. The molecule has 0 aliphatic heterocycles. The fourth-order valence-electron chi connectivity index (χ4n) is 1.67. The molecule has 1 aliphatic rings. The number of hydrogen-bond acceptors (Lipinski definition) is 7. The first-order valence-electron chi connectivity index (χ1n) is 5.65. The minimum Gasteiger partial charge on any atom is -0.393 e. The van der Waals surface area contributed by atoms with Gasteiger partial charge >= 0.3 is 0 Å². The highest BCUT2D eigenvalue weighted by atomic mass is 32.2. The van der Waals surface area contributed by atoms with Crippen LogP contribution >= 0.6 is 11.8 Å². The highest BCUT2D eigenvalue weighted by molar-refractivity contribution is 7.99. The van der Waals surface area contributed by atoms with E-state index in [1.54, 1.807) is 16.8 Å². The third-order valence-corrected chi connectivity index (χ3v) is 3.70. The number of nitro benzene ring substituents is 1. The number of aromatic nitrogens is 4. The highest BCUT2D eigenvalue weighted by Crippen LogP contribution is 2.38. The van der Waals surface area contributed by atoms with Gasteiger partial charge in [-0.2, -0.15) is 0 Å². The van der Waals surface area contributed by atoms with Gasteiger partial charge in [0.05, 0.1) is 11.0 Å². The molecule has 8 nitrogen and oxygen atoms in total. The van der Waals surface area contributed by atoms with Gasteiger partial charge < -0.3 is 5.73 Å². The van der Waals surface area contributed by atoms with E-state index in [9.17, 15) is 10.1 Å². The molecular formula is C10H10N6O2S. The fourth-order valence-corrected chi connectivity index (χ4v) is 2.56. The van der Waals surface area contributed by atoms with Crippen LogP contribution in [-0.2, 0) is 0 Å². The summed E-state index contributed by atoms with van der Waals surface area (Å²) in [7, 11) is 0. The van der Waals surface area contributed by atoms with Gasteiger partial charge in [-0.25, -0.2) is 4.68 Å². The standard InChI is InChI=1S/C10H10N6O2S/c11-8-5-7(3-4-9(8)16(17)18)19-10-12-13-14-15(10)6-1-2-6/h3-6H,1-2,11H2. The van der Waals surface area contributed by atoms with Crippen LogP contribution in [0.3, 0.4) is 0 Å². The molecule has 1 fully saturated rings. The van der Waals surface area contributed by atoms with E-state index >= 15 is 0 Å². The predicted octanol–water partition coefficient (Wildman–Crippen LogP) is 1.65. The summed E-state index contributed by atoms with van der Waals surface area (Å²) in [5.41, 5.74) is 5.70. The van der Waals surface area contributed by atoms with Crippen molar-refractivity contribution in [3.05, 3.63) is 28.3 Å². The number of hydrogen-bond donors (Lipinski definition) is 1. The van der Waals surface area contributed by atoms with E-state index in [-0.39, 0.29) is 11.4 Å². The SMILES string of the molecule is Nc1cc(Sc2nnnn2C2CC2)ccc1[N+](=O)[O-]. The Bertz CT molecular complexity index is 639. The number of anilines is 1. The molecular weight excluding hydrogens is 268 g/mol. The highest BCUT2D eigenvalue weighted by Gasteiger charge is 2.28. The summed E-state index contributed by atoms with van der Waals surface area (Å²) >= 11 is 1.35. The lowest BCUT2D eigenvalue weighted by Gasteiger charge is -2.03. The zero-order chi connectivity index (χ0) is 13.4. The molecule has 0 unspecified atom stereocenters. The van der Waals surface area contributed by atoms with Gasteiger partial charge in [-0.05, 0) is 47.2 Å². The van der Waals surface area contributed by atoms with Crippen LogP contribution in [-0.4, -0.2) is 25.1 Å². The van der Waals surface area contributed by atoms with Crippen molar-refractivity contribution in [3.8, 4) is 0 Å².